The minimum absolute atomic E-state index is 0.0467. The molecular weight excluding hydrogens is 256 g/mol. The number of fused-ring (bicyclic) bond motifs is 1. The van der Waals surface area contributed by atoms with Gasteiger partial charge in [0, 0.05) is 18.8 Å². The van der Waals surface area contributed by atoms with Crippen LogP contribution in [0.15, 0.2) is 18.2 Å². The summed E-state index contributed by atoms with van der Waals surface area (Å²) in [4.78, 5) is 14.3. The van der Waals surface area contributed by atoms with Crippen LogP contribution in [0.1, 0.15) is 11.1 Å². The maximum Gasteiger partial charge on any atom is 0.254 e. The summed E-state index contributed by atoms with van der Waals surface area (Å²) in [7, 11) is 0. The van der Waals surface area contributed by atoms with Gasteiger partial charge in [0.1, 0.15) is 0 Å². The van der Waals surface area contributed by atoms with Crippen molar-refractivity contribution in [3.63, 3.8) is 0 Å². The third-order valence-corrected chi connectivity index (χ3v) is 3.94. The lowest BCUT2D eigenvalue weighted by Crippen LogP contribution is -2.46. The number of nitrogens with zero attached hydrogens (tertiary/aromatic N) is 1. The molecule has 1 amide bonds. The Morgan fingerprint density at radius 1 is 1.20 bits per heavy atom. The Kier molecular flexibility index (Phi) is 3.89. The van der Waals surface area contributed by atoms with E-state index < -0.39 is 6.10 Å². The number of hydrogen-bond acceptors (Lipinski definition) is 4. The van der Waals surface area contributed by atoms with Crippen molar-refractivity contribution in [3.8, 4) is 0 Å². The molecule has 20 heavy (non-hydrogen) atoms. The molecule has 108 valence electrons. The summed E-state index contributed by atoms with van der Waals surface area (Å²) in [6.45, 7) is 2.90. The SMILES string of the molecule is Nc1ccc2c(c1)CCN(C(=O)C1COCCO1)CC2. The molecule has 1 fully saturated rings. The molecule has 2 N–H and O–H groups in total. The molecule has 1 atom stereocenters. The van der Waals surface area contributed by atoms with Crippen LogP contribution in [0.3, 0.4) is 0 Å². The maximum absolute atomic E-state index is 12.4. The van der Waals surface area contributed by atoms with Crippen LogP contribution in [0.4, 0.5) is 5.69 Å². The molecule has 2 aliphatic rings. The highest BCUT2D eigenvalue weighted by molar-refractivity contribution is 5.81. The van der Waals surface area contributed by atoms with E-state index in [0.717, 1.165) is 31.6 Å². The lowest BCUT2D eigenvalue weighted by Gasteiger charge is -2.28. The third kappa shape index (κ3) is 2.78. The highest BCUT2D eigenvalue weighted by Gasteiger charge is 2.28. The molecule has 1 aromatic rings. The highest BCUT2D eigenvalue weighted by Crippen LogP contribution is 2.19. The maximum atomic E-state index is 12.4. The number of nitrogen functional groups attached to an aromatic ring is 1. The summed E-state index contributed by atoms with van der Waals surface area (Å²) in [5.41, 5.74) is 9.15. The highest BCUT2D eigenvalue weighted by atomic mass is 16.6. The van der Waals surface area contributed by atoms with Crippen LogP contribution in [0.5, 0.6) is 0 Å². The van der Waals surface area contributed by atoms with Crippen LogP contribution in [-0.2, 0) is 27.1 Å². The van der Waals surface area contributed by atoms with Gasteiger partial charge in [-0.2, -0.15) is 0 Å². The summed E-state index contributed by atoms with van der Waals surface area (Å²) >= 11 is 0. The van der Waals surface area contributed by atoms with Crippen molar-refractivity contribution < 1.29 is 14.3 Å². The predicted molar refractivity (Wildman–Crippen MR) is 75.4 cm³/mol. The topological polar surface area (TPSA) is 64.8 Å². The summed E-state index contributed by atoms with van der Waals surface area (Å²) in [5, 5.41) is 0. The van der Waals surface area contributed by atoms with Crippen LogP contribution in [-0.4, -0.2) is 49.8 Å². The monoisotopic (exact) mass is 276 g/mol. The molecule has 5 nitrogen and oxygen atoms in total. The van der Waals surface area contributed by atoms with Gasteiger partial charge in [0.15, 0.2) is 6.10 Å². The summed E-state index contributed by atoms with van der Waals surface area (Å²) in [6, 6.07) is 6.01. The molecule has 2 heterocycles. The van der Waals surface area contributed by atoms with Crippen molar-refractivity contribution in [1.29, 1.82) is 0 Å². The van der Waals surface area contributed by atoms with Gasteiger partial charge >= 0.3 is 0 Å². The molecule has 1 saturated heterocycles. The molecule has 0 aliphatic carbocycles. The number of ether oxygens (including phenoxy) is 2. The van der Waals surface area contributed by atoms with Crippen molar-refractivity contribution in [3.05, 3.63) is 29.3 Å². The number of amides is 1. The normalized spacial score (nSPS) is 23.0. The lowest BCUT2D eigenvalue weighted by molar-refractivity contribution is -0.157. The van der Waals surface area contributed by atoms with Gasteiger partial charge < -0.3 is 20.1 Å². The van der Waals surface area contributed by atoms with E-state index in [1.807, 2.05) is 17.0 Å². The van der Waals surface area contributed by atoms with E-state index in [0.29, 0.717) is 19.8 Å². The molecule has 5 heteroatoms. The van der Waals surface area contributed by atoms with E-state index in [4.69, 9.17) is 15.2 Å². The van der Waals surface area contributed by atoms with Crippen molar-refractivity contribution in [2.24, 2.45) is 0 Å². The standard InChI is InChI=1S/C15H20N2O3/c16-13-2-1-11-3-5-17(6-4-12(11)9-13)15(18)14-10-19-7-8-20-14/h1-2,9,14H,3-8,10,16H2. The Bertz CT molecular complexity index is 498. The predicted octanol–water partition coefficient (Wildman–Crippen LogP) is 0.611. The first-order chi connectivity index (χ1) is 9.74. The number of anilines is 1. The number of benzene rings is 1. The van der Waals surface area contributed by atoms with Gasteiger partial charge in [-0.15, -0.1) is 0 Å². The molecular formula is C15H20N2O3. The second kappa shape index (κ2) is 5.81. The van der Waals surface area contributed by atoms with Crippen LogP contribution in [0.2, 0.25) is 0 Å². The fraction of sp³-hybridized carbons (Fsp3) is 0.533. The Balaban J connectivity index is 1.68. The van der Waals surface area contributed by atoms with E-state index in [2.05, 4.69) is 6.07 Å². The second-order valence-corrected chi connectivity index (χ2v) is 5.29. The van der Waals surface area contributed by atoms with Gasteiger partial charge in [-0.05, 0) is 36.1 Å². The summed E-state index contributed by atoms with van der Waals surface area (Å²) < 4.78 is 10.8. The summed E-state index contributed by atoms with van der Waals surface area (Å²) in [5.74, 6) is 0.0467. The van der Waals surface area contributed by atoms with Crippen molar-refractivity contribution in [2.75, 3.05) is 38.6 Å². The van der Waals surface area contributed by atoms with Crippen LogP contribution < -0.4 is 5.73 Å². The fourth-order valence-electron chi connectivity index (χ4n) is 2.80. The third-order valence-electron chi connectivity index (χ3n) is 3.94. The molecule has 1 aromatic carbocycles. The largest absolute Gasteiger partial charge is 0.399 e. The first-order valence-corrected chi connectivity index (χ1v) is 7.09. The molecule has 0 radical (unpaired) electrons. The molecule has 0 spiro atoms. The molecule has 0 saturated carbocycles. The van der Waals surface area contributed by atoms with E-state index >= 15 is 0 Å². The molecule has 0 bridgehead atoms. The Morgan fingerprint density at radius 3 is 2.75 bits per heavy atom. The lowest BCUT2D eigenvalue weighted by atomic mass is 10.0. The van der Waals surface area contributed by atoms with Crippen molar-refractivity contribution in [2.45, 2.75) is 18.9 Å². The van der Waals surface area contributed by atoms with Gasteiger partial charge in [0.05, 0.1) is 19.8 Å². The minimum Gasteiger partial charge on any atom is -0.399 e. The van der Waals surface area contributed by atoms with Gasteiger partial charge in [-0.25, -0.2) is 0 Å². The van der Waals surface area contributed by atoms with Crippen molar-refractivity contribution >= 4 is 11.6 Å². The second-order valence-electron chi connectivity index (χ2n) is 5.29. The van der Waals surface area contributed by atoms with Crippen LogP contribution >= 0.6 is 0 Å². The van der Waals surface area contributed by atoms with Gasteiger partial charge in [-0.1, -0.05) is 6.07 Å². The van der Waals surface area contributed by atoms with E-state index in [-0.39, 0.29) is 5.91 Å². The van der Waals surface area contributed by atoms with Gasteiger partial charge in [0.25, 0.3) is 5.91 Å². The number of carbonyl (C=O) groups is 1. The zero-order valence-electron chi connectivity index (χ0n) is 11.5. The number of nitrogens with two attached hydrogens (primary N) is 1. The summed E-state index contributed by atoms with van der Waals surface area (Å²) in [6.07, 6.45) is 1.28. The zero-order chi connectivity index (χ0) is 13.9. The molecule has 2 aliphatic heterocycles. The average Bonchev–Trinajstić information content (AvgIpc) is 2.69. The first-order valence-electron chi connectivity index (χ1n) is 7.09. The Hall–Kier alpha value is -1.59. The minimum atomic E-state index is -0.435. The van der Waals surface area contributed by atoms with E-state index in [9.17, 15) is 4.79 Å². The van der Waals surface area contributed by atoms with E-state index in [1.165, 1.54) is 11.1 Å². The Labute approximate surface area is 118 Å². The zero-order valence-corrected chi connectivity index (χ0v) is 11.5. The van der Waals surface area contributed by atoms with Gasteiger partial charge in [0.2, 0.25) is 0 Å². The fourth-order valence-corrected chi connectivity index (χ4v) is 2.80. The van der Waals surface area contributed by atoms with E-state index in [1.54, 1.807) is 0 Å². The molecule has 1 unspecified atom stereocenters. The first kappa shape index (κ1) is 13.4. The van der Waals surface area contributed by atoms with Gasteiger partial charge in [-0.3, -0.25) is 4.79 Å². The molecule has 0 aromatic heterocycles. The average molecular weight is 276 g/mol. The molecule has 3 rings (SSSR count). The quantitative estimate of drug-likeness (QED) is 0.763. The smallest absolute Gasteiger partial charge is 0.254 e. The van der Waals surface area contributed by atoms with Crippen LogP contribution in [0, 0.1) is 0 Å². The number of carbonyl (C=O) groups excluding carboxylic acids is 1. The Morgan fingerprint density at radius 2 is 2.00 bits per heavy atom. The van der Waals surface area contributed by atoms with Crippen molar-refractivity contribution in [1.82, 2.24) is 4.90 Å². The number of rotatable bonds is 1. The van der Waals surface area contributed by atoms with Crippen LogP contribution in [0.25, 0.3) is 0 Å². The number of hydrogen-bond donors (Lipinski definition) is 1.